The Bertz CT molecular complexity index is 760. The molecule has 0 amide bonds. The highest BCUT2D eigenvalue weighted by Crippen LogP contribution is 2.31. The smallest absolute Gasteiger partial charge is 0.229 e. The zero-order valence-electron chi connectivity index (χ0n) is 16.3. The molecular formula is C20H30N2O6. The molecule has 5 N–H and O–H groups in total. The van der Waals surface area contributed by atoms with Crippen LogP contribution in [0.5, 0.6) is 5.75 Å². The lowest BCUT2D eigenvalue weighted by Crippen LogP contribution is -2.60. The number of nitrogens with zero attached hydrogens (tertiary/aromatic N) is 1. The summed E-state index contributed by atoms with van der Waals surface area (Å²) in [6, 6.07) is 5.61. The first kappa shape index (κ1) is 21.0. The van der Waals surface area contributed by atoms with Gasteiger partial charge < -0.3 is 39.8 Å². The normalized spacial score (nSPS) is 28.2. The maximum atomic E-state index is 10.2. The van der Waals surface area contributed by atoms with E-state index < -0.39 is 37.3 Å². The van der Waals surface area contributed by atoms with Crippen LogP contribution in [0.15, 0.2) is 24.4 Å². The van der Waals surface area contributed by atoms with E-state index in [9.17, 15) is 20.4 Å². The van der Waals surface area contributed by atoms with Crippen molar-refractivity contribution in [3.05, 3.63) is 30.0 Å². The topological polar surface area (TPSA) is 118 Å². The summed E-state index contributed by atoms with van der Waals surface area (Å²) < 4.78 is 11.3. The Labute approximate surface area is 164 Å². The van der Waals surface area contributed by atoms with Gasteiger partial charge in [0.05, 0.1) is 12.1 Å². The Morgan fingerprint density at radius 3 is 2.54 bits per heavy atom. The van der Waals surface area contributed by atoms with Crippen LogP contribution in [0.25, 0.3) is 10.9 Å². The Kier molecular flexibility index (Phi) is 6.92. The van der Waals surface area contributed by atoms with Crippen LogP contribution in [-0.4, -0.2) is 87.3 Å². The largest absolute Gasteiger partial charge is 0.460 e. The second-order valence-electron chi connectivity index (χ2n) is 7.08. The predicted molar refractivity (Wildman–Crippen MR) is 104 cm³/mol. The monoisotopic (exact) mass is 394 g/mol. The number of benzene rings is 1. The van der Waals surface area contributed by atoms with Crippen LogP contribution in [0.2, 0.25) is 0 Å². The Hall–Kier alpha value is -1.68. The molecule has 1 saturated heterocycles. The number of aromatic nitrogens is 1. The van der Waals surface area contributed by atoms with Crippen LogP contribution < -0.4 is 4.74 Å². The van der Waals surface area contributed by atoms with Gasteiger partial charge in [0, 0.05) is 18.1 Å². The molecule has 0 aliphatic carbocycles. The number of hydrogen-bond acceptors (Lipinski definition) is 7. The molecule has 1 aromatic heterocycles. The fourth-order valence-electron chi connectivity index (χ4n) is 3.60. The van der Waals surface area contributed by atoms with Crippen molar-refractivity contribution in [3.8, 4) is 5.75 Å². The van der Waals surface area contributed by atoms with Crippen LogP contribution in [0, 0.1) is 0 Å². The third-order valence-corrected chi connectivity index (χ3v) is 5.45. The molecule has 1 aliphatic heterocycles. The summed E-state index contributed by atoms with van der Waals surface area (Å²) in [5, 5.41) is 40.4. The van der Waals surface area contributed by atoms with E-state index in [1.807, 2.05) is 18.3 Å². The molecule has 1 fully saturated rings. The lowest BCUT2D eigenvalue weighted by Gasteiger charge is -2.39. The minimum Gasteiger partial charge on any atom is -0.460 e. The number of aliphatic hydroxyl groups is 4. The highest BCUT2D eigenvalue weighted by molar-refractivity contribution is 5.88. The summed E-state index contributed by atoms with van der Waals surface area (Å²) in [5.74, 6) is 0.468. The number of H-pyrrole nitrogens is 1. The van der Waals surface area contributed by atoms with Crippen molar-refractivity contribution in [1.82, 2.24) is 9.88 Å². The van der Waals surface area contributed by atoms with Gasteiger partial charge in [-0.2, -0.15) is 0 Å². The van der Waals surface area contributed by atoms with Crippen molar-refractivity contribution in [3.63, 3.8) is 0 Å². The fraction of sp³-hybridized carbons (Fsp3) is 0.600. The standard InChI is InChI=1S/C20H30N2O6/c1-3-22(4-2)9-8-12-10-21-16-13(12)6-5-7-14(16)27-20-19(26)18(25)17(24)15(11-23)28-20/h5-7,10,15,17-21,23-26H,3-4,8-9,11H2,1-2H3. The van der Waals surface area contributed by atoms with Gasteiger partial charge in [0.25, 0.3) is 0 Å². The number of ether oxygens (including phenoxy) is 2. The van der Waals surface area contributed by atoms with Crippen LogP contribution in [-0.2, 0) is 11.2 Å². The summed E-state index contributed by atoms with van der Waals surface area (Å²) in [4.78, 5) is 5.58. The second-order valence-corrected chi connectivity index (χ2v) is 7.08. The summed E-state index contributed by atoms with van der Waals surface area (Å²) in [5.41, 5.74) is 1.94. The van der Waals surface area contributed by atoms with Crippen molar-refractivity contribution >= 4 is 10.9 Å². The maximum Gasteiger partial charge on any atom is 0.229 e. The summed E-state index contributed by atoms with van der Waals surface area (Å²) in [6.45, 7) is 6.76. The number of aliphatic hydroxyl groups excluding tert-OH is 4. The van der Waals surface area contributed by atoms with E-state index >= 15 is 0 Å². The first-order valence-corrected chi connectivity index (χ1v) is 9.78. The molecule has 3 rings (SSSR count). The van der Waals surface area contributed by atoms with Gasteiger partial charge in [-0.25, -0.2) is 0 Å². The van der Waals surface area contributed by atoms with Crippen molar-refractivity contribution in [2.24, 2.45) is 0 Å². The van der Waals surface area contributed by atoms with E-state index in [0.29, 0.717) is 5.75 Å². The van der Waals surface area contributed by atoms with Crippen molar-refractivity contribution < 1.29 is 29.9 Å². The first-order chi connectivity index (χ1) is 13.5. The minimum absolute atomic E-state index is 0.468. The van der Waals surface area contributed by atoms with Crippen molar-refractivity contribution in [2.45, 2.75) is 51.0 Å². The molecule has 0 saturated carbocycles. The second kappa shape index (κ2) is 9.21. The first-order valence-electron chi connectivity index (χ1n) is 9.78. The average Bonchev–Trinajstić information content (AvgIpc) is 3.13. The molecule has 5 unspecified atom stereocenters. The van der Waals surface area contributed by atoms with Crippen LogP contribution in [0.4, 0.5) is 0 Å². The van der Waals surface area contributed by atoms with Gasteiger partial charge in [-0.3, -0.25) is 0 Å². The fourth-order valence-corrected chi connectivity index (χ4v) is 3.60. The van der Waals surface area contributed by atoms with Gasteiger partial charge in [-0.15, -0.1) is 0 Å². The molecule has 8 heteroatoms. The van der Waals surface area contributed by atoms with E-state index in [1.54, 1.807) is 6.07 Å². The molecule has 0 radical (unpaired) electrons. The molecule has 5 atom stereocenters. The number of rotatable bonds is 8. The van der Waals surface area contributed by atoms with Crippen molar-refractivity contribution in [2.75, 3.05) is 26.2 Å². The van der Waals surface area contributed by atoms with Gasteiger partial charge in [0.15, 0.2) is 0 Å². The maximum absolute atomic E-state index is 10.2. The predicted octanol–water partition coefficient (Wildman–Crippen LogP) is 0.231. The highest BCUT2D eigenvalue weighted by Gasteiger charge is 2.44. The van der Waals surface area contributed by atoms with E-state index in [2.05, 4.69) is 23.7 Å². The molecule has 8 nitrogen and oxygen atoms in total. The molecule has 0 bridgehead atoms. The highest BCUT2D eigenvalue weighted by atomic mass is 16.7. The zero-order valence-corrected chi connectivity index (χ0v) is 16.3. The van der Waals surface area contributed by atoms with Crippen LogP contribution in [0.3, 0.4) is 0 Å². The van der Waals surface area contributed by atoms with E-state index in [4.69, 9.17) is 9.47 Å². The average molecular weight is 394 g/mol. The molecule has 2 heterocycles. The van der Waals surface area contributed by atoms with E-state index in [-0.39, 0.29) is 0 Å². The van der Waals surface area contributed by atoms with Gasteiger partial charge in [0.1, 0.15) is 30.2 Å². The number of likely N-dealkylation sites (N-methyl/N-ethyl adjacent to an activating group) is 1. The van der Waals surface area contributed by atoms with Crippen LogP contribution in [0.1, 0.15) is 19.4 Å². The van der Waals surface area contributed by atoms with E-state index in [0.717, 1.165) is 37.0 Å². The lowest BCUT2D eigenvalue weighted by molar-refractivity contribution is -0.277. The SMILES string of the molecule is CCN(CC)CCc1c[nH]c2c(OC3OC(CO)C(O)C(O)C3O)cccc12. The lowest BCUT2D eigenvalue weighted by atomic mass is 9.99. The Morgan fingerprint density at radius 2 is 1.86 bits per heavy atom. The molecular weight excluding hydrogens is 364 g/mol. The quantitative estimate of drug-likeness (QED) is 0.435. The molecule has 0 spiro atoms. The van der Waals surface area contributed by atoms with Gasteiger partial charge >= 0.3 is 0 Å². The third-order valence-electron chi connectivity index (χ3n) is 5.45. The van der Waals surface area contributed by atoms with Crippen molar-refractivity contribution in [1.29, 1.82) is 0 Å². The van der Waals surface area contributed by atoms with Gasteiger partial charge in [-0.1, -0.05) is 26.0 Å². The van der Waals surface area contributed by atoms with Crippen LogP contribution >= 0.6 is 0 Å². The van der Waals surface area contributed by atoms with Gasteiger partial charge in [-0.05, 0) is 31.1 Å². The summed E-state index contributed by atoms with van der Waals surface area (Å²) in [7, 11) is 0. The number of nitrogens with one attached hydrogen (secondary N) is 1. The zero-order chi connectivity index (χ0) is 20.3. The van der Waals surface area contributed by atoms with E-state index in [1.165, 1.54) is 5.56 Å². The molecule has 1 aliphatic rings. The molecule has 1 aromatic carbocycles. The number of para-hydroxylation sites is 1. The number of hydrogen-bond donors (Lipinski definition) is 5. The summed E-state index contributed by atoms with van der Waals surface area (Å²) >= 11 is 0. The Balaban J connectivity index is 1.78. The molecule has 156 valence electrons. The van der Waals surface area contributed by atoms with Gasteiger partial charge in [0.2, 0.25) is 6.29 Å². The molecule has 2 aromatic rings. The number of aromatic amines is 1. The third kappa shape index (κ3) is 4.17. The Morgan fingerprint density at radius 1 is 1.11 bits per heavy atom. The molecule has 28 heavy (non-hydrogen) atoms. The number of fused-ring (bicyclic) bond motifs is 1. The minimum atomic E-state index is -1.47. The summed E-state index contributed by atoms with van der Waals surface area (Å²) in [6.07, 6.45) is -3.68.